The number of benzene rings is 1. The number of Topliss-reactive ketones (excluding diaryl/α,β-unsaturated/α-hetero) is 1. The number of nitrogens with two attached hydrogens (primary N) is 1. The number of aromatic nitrogens is 2. The normalized spacial score (nSPS) is 19.7. The van der Waals surface area contributed by atoms with E-state index in [9.17, 15) is 23.1 Å². The Morgan fingerprint density at radius 3 is 2.50 bits per heavy atom. The lowest BCUT2D eigenvalue weighted by Crippen LogP contribution is -2.36. The average molecular weight is 470 g/mol. The number of phenols is 1. The molecule has 1 aromatic carbocycles. The predicted octanol–water partition coefficient (Wildman–Crippen LogP) is 5.31. The van der Waals surface area contributed by atoms with Crippen molar-refractivity contribution >= 4 is 5.78 Å². The number of rotatable bonds is 5. The molecule has 1 aliphatic rings. The molecule has 0 spiro atoms. The fourth-order valence-electron chi connectivity index (χ4n) is 5.04. The summed E-state index contributed by atoms with van der Waals surface area (Å²) in [4.78, 5) is 21.2. The number of hydrogen-bond donors (Lipinski definition) is 2. The summed E-state index contributed by atoms with van der Waals surface area (Å²) in [6.07, 6.45) is 5.91. The molecule has 178 valence electrons. The van der Waals surface area contributed by atoms with Gasteiger partial charge in [0.05, 0.1) is 5.56 Å². The Morgan fingerprint density at radius 2 is 1.82 bits per heavy atom. The first-order valence-corrected chi connectivity index (χ1v) is 11.1. The molecular weight excluding hydrogens is 443 g/mol. The molecule has 8 heteroatoms. The van der Waals surface area contributed by atoms with Crippen LogP contribution in [-0.2, 0) is 6.42 Å². The first-order valence-electron chi connectivity index (χ1n) is 11.1. The maximum absolute atomic E-state index is 14.4. The zero-order chi connectivity index (χ0) is 24.6. The summed E-state index contributed by atoms with van der Waals surface area (Å²) in [6.45, 7) is 4.35. The number of ketones is 1. The summed E-state index contributed by atoms with van der Waals surface area (Å²) in [5.74, 6) is -4.25. The molecule has 4 rings (SSSR count). The van der Waals surface area contributed by atoms with Crippen LogP contribution < -0.4 is 5.73 Å². The van der Waals surface area contributed by atoms with Crippen molar-refractivity contribution in [3.05, 3.63) is 77.0 Å². The van der Waals surface area contributed by atoms with Crippen LogP contribution in [0.3, 0.4) is 0 Å². The fourth-order valence-corrected chi connectivity index (χ4v) is 5.04. The summed E-state index contributed by atoms with van der Waals surface area (Å²) in [5, 5.41) is 9.36. The Bertz CT molecular complexity index is 1220. The highest BCUT2D eigenvalue weighted by Gasteiger charge is 2.34. The van der Waals surface area contributed by atoms with Crippen molar-refractivity contribution in [3.8, 4) is 17.0 Å². The van der Waals surface area contributed by atoms with Gasteiger partial charge in [-0.25, -0.2) is 18.2 Å². The van der Waals surface area contributed by atoms with Crippen molar-refractivity contribution in [1.82, 2.24) is 9.97 Å². The van der Waals surface area contributed by atoms with Crippen molar-refractivity contribution in [2.75, 3.05) is 0 Å². The zero-order valence-corrected chi connectivity index (χ0v) is 19.0. The van der Waals surface area contributed by atoms with Crippen molar-refractivity contribution < 1.29 is 23.1 Å². The molecule has 3 aromatic rings. The molecule has 1 fully saturated rings. The van der Waals surface area contributed by atoms with Crippen LogP contribution >= 0.6 is 0 Å². The van der Waals surface area contributed by atoms with E-state index in [0.717, 1.165) is 36.5 Å². The Kier molecular flexibility index (Phi) is 6.45. The number of aromatic hydroxyl groups is 1. The summed E-state index contributed by atoms with van der Waals surface area (Å²) in [7, 11) is 0. The van der Waals surface area contributed by atoms with Crippen LogP contribution in [0.4, 0.5) is 13.2 Å². The third-order valence-electron chi connectivity index (χ3n) is 6.33. The van der Waals surface area contributed by atoms with E-state index in [-0.39, 0.29) is 29.5 Å². The third kappa shape index (κ3) is 4.97. The SMILES string of the molecule is CC1(C)C[C@H](N)C[C@H](c2ccncc2CC(=O)c2ccc(F)c(-c3c(F)cc(O)cc3F)n2)C1. The molecule has 0 radical (unpaired) electrons. The van der Waals surface area contributed by atoms with Crippen molar-refractivity contribution in [1.29, 1.82) is 0 Å². The van der Waals surface area contributed by atoms with Crippen LogP contribution in [0.25, 0.3) is 11.3 Å². The highest BCUT2D eigenvalue weighted by atomic mass is 19.1. The van der Waals surface area contributed by atoms with Gasteiger partial charge in [-0.2, -0.15) is 0 Å². The van der Waals surface area contributed by atoms with Crippen LogP contribution in [-0.4, -0.2) is 26.9 Å². The molecular formula is C26H26F3N3O2. The van der Waals surface area contributed by atoms with Gasteiger partial charge in [0.2, 0.25) is 0 Å². The lowest BCUT2D eigenvalue weighted by Gasteiger charge is -2.39. The van der Waals surface area contributed by atoms with E-state index in [0.29, 0.717) is 12.1 Å². The Hall–Kier alpha value is -3.26. The highest BCUT2D eigenvalue weighted by Crippen LogP contribution is 2.43. The Labute approximate surface area is 195 Å². The molecule has 0 bridgehead atoms. The standard InChI is InChI=1S/C26H26F3N3O2/c1-26(2)11-14(7-16(30)12-26)18-5-6-31-13-15(18)8-23(34)22-4-3-19(27)25(32-22)24-20(28)9-17(33)10-21(24)29/h3-6,9-10,13-14,16,33H,7-8,11-12,30H2,1-2H3/t14-,16+/m0/s1. The molecule has 0 saturated heterocycles. The molecule has 3 N–H and O–H groups in total. The van der Waals surface area contributed by atoms with Crippen LogP contribution in [0.2, 0.25) is 0 Å². The summed E-state index contributed by atoms with van der Waals surface area (Å²) >= 11 is 0. The molecule has 1 saturated carbocycles. The lowest BCUT2D eigenvalue weighted by atomic mass is 9.68. The van der Waals surface area contributed by atoms with Gasteiger partial charge in [-0.05, 0) is 59.9 Å². The smallest absolute Gasteiger partial charge is 0.185 e. The van der Waals surface area contributed by atoms with Crippen molar-refractivity contribution in [3.63, 3.8) is 0 Å². The van der Waals surface area contributed by atoms with E-state index in [1.54, 1.807) is 12.4 Å². The van der Waals surface area contributed by atoms with Crippen LogP contribution in [0.1, 0.15) is 60.6 Å². The fraction of sp³-hybridized carbons (Fsp3) is 0.346. The van der Waals surface area contributed by atoms with Gasteiger partial charge >= 0.3 is 0 Å². The average Bonchev–Trinajstić information content (AvgIpc) is 2.73. The number of phenolic OH excluding ortho intramolecular Hbond substituents is 1. The highest BCUT2D eigenvalue weighted by molar-refractivity contribution is 5.96. The second kappa shape index (κ2) is 9.18. The van der Waals surface area contributed by atoms with Crippen LogP contribution in [0, 0.1) is 22.9 Å². The number of carbonyl (C=O) groups is 1. The molecule has 34 heavy (non-hydrogen) atoms. The van der Waals surface area contributed by atoms with Crippen molar-refractivity contribution in [2.24, 2.45) is 11.1 Å². The molecule has 0 unspecified atom stereocenters. The minimum Gasteiger partial charge on any atom is -0.508 e. The van der Waals surface area contributed by atoms with E-state index in [2.05, 4.69) is 23.8 Å². The maximum atomic E-state index is 14.4. The molecule has 1 aliphatic carbocycles. The van der Waals surface area contributed by atoms with Gasteiger partial charge in [0.1, 0.15) is 34.6 Å². The second-order valence-electron chi connectivity index (χ2n) is 9.75. The molecule has 2 atom stereocenters. The Morgan fingerprint density at radius 1 is 1.12 bits per heavy atom. The van der Waals surface area contributed by atoms with E-state index < -0.39 is 40.2 Å². The molecule has 5 nitrogen and oxygen atoms in total. The summed E-state index contributed by atoms with van der Waals surface area (Å²) < 4.78 is 43.0. The lowest BCUT2D eigenvalue weighted by molar-refractivity contribution is 0.0987. The van der Waals surface area contributed by atoms with Gasteiger partial charge in [0.25, 0.3) is 0 Å². The summed E-state index contributed by atoms with van der Waals surface area (Å²) in [6, 6.07) is 5.41. The minimum absolute atomic E-state index is 0.0477. The zero-order valence-electron chi connectivity index (χ0n) is 19.0. The van der Waals surface area contributed by atoms with Gasteiger partial charge in [-0.1, -0.05) is 13.8 Å². The van der Waals surface area contributed by atoms with Crippen molar-refractivity contribution in [2.45, 2.75) is 51.5 Å². The van der Waals surface area contributed by atoms with Gasteiger partial charge in [0.15, 0.2) is 5.78 Å². The van der Waals surface area contributed by atoms with E-state index in [1.165, 1.54) is 6.07 Å². The monoisotopic (exact) mass is 469 g/mol. The van der Waals surface area contributed by atoms with E-state index in [4.69, 9.17) is 5.73 Å². The van der Waals surface area contributed by atoms with Gasteiger partial charge < -0.3 is 10.8 Å². The number of nitrogens with zero attached hydrogens (tertiary/aromatic N) is 2. The number of pyridine rings is 2. The minimum atomic E-state index is -1.18. The molecule has 2 aromatic heterocycles. The molecule has 0 aliphatic heterocycles. The molecule has 0 amide bonds. The topological polar surface area (TPSA) is 89.1 Å². The maximum Gasteiger partial charge on any atom is 0.185 e. The summed E-state index contributed by atoms with van der Waals surface area (Å²) in [5.41, 5.74) is 6.57. The molecule has 2 heterocycles. The van der Waals surface area contributed by atoms with Gasteiger partial charge in [0, 0.05) is 37.0 Å². The number of carbonyl (C=O) groups excluding carboxylic acids is 1. The predicted molar refractivity (Wildman–Crippen MR) is 122 cm³/mol. The number of hydrogen-bond acceptors (Lipinski definition) is 5. The van der Waals surface area contributed by atoms with Crippen LogP contribution in [0.15, 0.2) is 42.7 Å². The van der Waals surface area contributed by atoms with Crippen LogP contribution in [0.5, 0.6) is 5.75 Å². The first-order chi connectivity index (χ1) is 16.0. The third-order valence-corrected chi connectivity index (χ3v) is 6.33. The van der Waals surface area contributed by atoms with Gasteiger partial charge in [-0.3, -0.25) is 9.78 Å². The second-order valence-corrected chi connectivity index (χ2v) is 9.75. The first kappa shape index (κ1) is 23.9. The largest absolute Gasteiger partial charge is 0.508 e. The van der Waals surface area contributed by atoms with Gasteiger partial charge in [-0.15, -0.1) is 0 Å². The van der Waals surface area contributed by atoms with E-state index >= 15 is 0 Å². The van der Waals surface area contributed by atoms with E-state index in [1.807, 2.05) is 6.07 Å². The Balaban J connectivity index is 1.65. The number of halogens is 3. The quantitative estimate of drug-likeness (QED) is 0.494.